The average molecular weight is 866 g/mol. The van der Waals surface area contributed by atoms with E-state index in [9.17, 15) is 24.0 Å². The van der Waals surface area contributed by atoms with E-state index in [4.69, 9.17) is 29.8 Å². The molecule has 0 saturated carbocycles. The zero-order chi connectivity index (χ0) is 43.0. The summed E-state index contributed by atoms with van der Waals surface area (Å²) in [6.07, 6.45) is 3.00. The van der Waals surface area contributed by atoms with Gasteiger partial charge in [0.1, 0.15) is 41.2 Å². The summed E-state index contributed by atoms with van der Waals surface area (Å²) in [5.41, 5.74) is 9.09. The van der Waals surface area contributed by atoms with Crippen LogP contribution in [-0.2, 0) is 35.1 Å². The number of hydrogen-bond acceptors (Lipinski definition) is 12. The molecule has 326 valence electrons. The molecule has 0 spiro atoms. The van der Waals surface area contributed by atoms with E-state index in [1.165, 1.54) is 0 Å². The highest BCUT2D eigenvalue weighted by atomic mass is 32.2. The molecule has 62 heavy (non-hydrogen) atoms. The van der Waals surface area contributed by atoms with Crippen molar-refractivity contribution in [3.05, 3.63) is 89.5 Å². The standard InChI is InChI=1S/C45H51N7O9S/c46-42(55)40-41(30-9-11-32(12-10-30)61-31-5-2-1-3-6-31)49-52-35(15-18-47-43(40)52)29-16-19-50(20-17-29)39(54)28-60-24-23-58-21-22-59-25-26-62-37-8-4-7-33-34(37)27-51(45(33)57)36-13-14-38(53)48-44(36)56/h1-12,29,35-36,47H,13-28H2,(H2,46,55)(H,48,53,56). The Labute approximate surface area is 363 Å². The summed E-state index contributed by atoms with van der Waals surface area (Å²) in [4.78, 5) is 67.2. The Morgan fingerprint density at radius 1 is 0.823 bits per heavy atom. The molecule has 0 radical (unpaired) electrons. The SMILES string of the molecule is NC(=O)c1c(-c2ccc(Oc3ccccc3)cc2)nn2c1NCCC2C1CCN(C(=O)COCCOCCOCCSc2cccc3c2CN(C2CCC(=O)NC2=O)C3=O)CC1. The monoisotopic (exact) mass is 865 g/mol. The molecule has 4 aromatic rings. The number of nitrogens with one attached hydrogen (secondary N) is 2. The van der Waals surface area contributed by atoms with E-state index in [0.29, 0.717) is 93.2 Å². The summed E-state index contributed by atoms with van der Waals surface area (Å²) in [7, 11) is 0. The number of carbonyl (C=O) groups excluding carboxylic acids is 5. The van der Waals surface area contributed by atoms with Gasteiger partial charge in [0.25, 0.3) is 11.8 Å². The normalized spacial score (nSPS) is 18.9. The van der Waals surface area contributed by atoms with Crippen molar-refractivity contribution >= 4 is 47.1 Å². The van der Waals surface area contributed by atoms with Crippen LogP contribution in [-0.4, -0.2) is 120 Å². The van der Waals surface area contributed by atoms with Crippen molar-refractivity contribution in [2.45, 2.75) is 55.6 Å². The fourth-order valence-corrected chi connectivity index (χ4v) is 9.55. The number of primary amides is 1. The van der Waals surface area contributed by atoms with Crippen LogP contribution in [0.15, 0.2) is 77.7 Å². The molecular weight excluding hydrogens is 815 g/mol. The van der Waals surface area contributed by atoms with Crippen LogP contribution in [0.1, 0.15) is 64.4 Å². The number of carbonyl (C=O) groups is 5. The number of thioether (sulfide) groups is 1. The summed E-state index contributed by atoms with van der Waals surface area (Å²) >= 11 is 1.59. The third-order valence-electron chi connectivity index (χ3n) is 11.7. The first-order valence-electron chi connectivity index (χ1n) is 21.1. The minimum absolute atomic E-state index is 0.0149. The fourth-order valence-electron chi connectivity index (χ4n) is 8.61. The second kappa shape index (κ2) is 20.0. The van der Waals surface area contributed by atoms with Gasteiger partial charge in [-0.05, 0) is 85.7 Å². The number of fused-ring (bicyclic) bond motifs is 2. The minimum Gasteiger partial charge on any atom is -0.457 e. The molecule has 1 aromatic heterocycles. The Bertz CT molecular complexity index is 2260. The summed E-state index contributed by atoms with van der Waals surface area (Å²) < 4.78 is 24.9. The molecule has 3 aromatic carbocycles. The van der Waals surface area contributed by atoms with E-state index in [2.05, 4.69) is 10.6 Å². The van der Waals surface area contributed by atoms with Gasteiger partial charge in [0.05, 0.1) is 39.1 Å². The average Bonchev–Trinajstić information content (AvgIpc) is 3.85. The van der Waals surface area contributed by atoms with Crippen molar-refractivity contribution in [1.82, 2.24) is 24.9 Å². The third kappa shape index (κ3) is 9.81. The van der Waals surface area contributed by atoms with Crippen LogP contribution in [0.25, 0.3) is 11.3 Å². The Morgan fingerprint density at radius 3 is 2.29 bits per heavy atom. The number of rotatable bonds is 18. The van der Waals surface area contributed by atoms with Gasteiger partial charge in [-0.25, -0.2) is 4.68 Å². The van der Waals surface area contributed by atoms with Crippen molar-refractivity contribution in [3.8, 4) is 22.8 Å². The van der Waals surface area contributed by atoms with E-state index in [-0.39, 0.29) is 49.3 Å². The molecular formula is C45H51N7O9S. The zero-order valence-corrected chi connectivity index (χ0v) is 35.2. The van der Waals surface area contributed by atoms with Gasteiger partial charge in [-0.1, -0.05) is 24.3 Å². The highest BCUT2D eigenvalue weighted by Crippen LogP contribution is 2.40. The molecule has 4 N–H and O–H groups in total. The molecule has 2 fully saturated rings. The van der Waals surface area contributed by atoms with Crippen molar-refractivity contribution in [1.29, 1.82) is 0 Å². The molecule has 0 bridgehead atoms. The molecule has 2 saturated heterocycles. The predicted molar refractivity (Wildman–Crippen MR) is 230 cm³/mol. The molecule has 5 amide bonds. The molecule has 16 nitrogen and oxygen atoms in total. The molecule has 2 atom stereocenters. The van der Waals surface area contributed by atoms with E-state index < -0.39 is 17.9 Å². The Balaban J connectivity index is 0.713. The number of ether oxygens (including phenoxy) is 4. The molecule has 4 aliphatic heterocycles. The van der Waals surface area contributed by atoms with Gasteiger partial charge >= 0.3 is 0 Å². The van der Waals surface area contributed by atoms with Gasteiger partial charge in [-0.3, -0.25) is 29.3 Å². The number of nitrogens with two attached hydrogens (primary N) is 1. The summed E-state index contributed by atoms with van der Waals surface area (Å²) in [6.45, 7) is 4.15. The predicted octanol–water partition coefficient (Wildman–Crippen LogP) is 4.64. The number of aromatic nitrogens is 2. The van der Waals surface area contributed by atoms with Gasteiger partial charge in [0.2, 0.25) is 17.7 Å². The maximum Gasteiger partial charge on any atom is 0.255 e. The van der Waals surface area contributed by atoms with E-state index >= 15 is 0 Å². The fraction of sp³-hybridized carbons (Fsp3) is 0.422. The number of nitrogens with zero attached hydrogens (tertiary/aromatic N) is 4. The van der Waals surface area contributed by atoms with E-state index in [1.807, 2.05) is 76.3 Å². The number of benzene rings is 3. The van der Waals surface area contributed by atoms with Crippen LogP contribution in [0.3, 0.4) is 0 Å². The van der Waals surface area contributed by atoms with Crippen molar-refractivity contribution in [2.75, 3.05) is 70.3 Å². The summed E-state index contributed by atoms with van der Waals surface area (Å²) in [6, 6.07) is 22.0. The third-order valence-corrected chi connectivity index (χ3v) is 12.8. The number of para-hydroxylation sites is 1. The highest BCUT2D eigenvalue weighted by molar-refractivity contribution is 7.99. The number of hydrogen-bond donors (Lipinski definition) is 3. The first-order chi connectivity index (χ1) is 30.2. The van der Waals surface area contributed by atoms with E-state index in [1.54, 1.807) is 22.7 Å². The van der Waals surface area contributed by atoms with Crippen molar-refractivity contribution < 1.29 is 42.9 Å². The summed E-state index contributed by atoms with van der Waals surface area (Å²) in [5.74, 6) is 1.48. The van der Waals surface area contributed by atoms with Crippen LogP contribution < -0.4 is 21.1 Å². The van der Waals surface area contributed by atoms with Crippen LogP contribution in [0.2, 0.25) is 0 Å². The number of anilines is 1. The van der Waals surface area contributed by atoms with Crippen LogP contribution >= 0.6 is 11.8 Å². The molecule has 2 unspecified atom stereocenters. The van der Waals surface area contributed by atoms with Crippen LogP contribution in [0, 0.1) is 5.92 Å². The largest absolute Gasteiger partial charge is 0.457 e. The molecule has 4 aliphatic rings. The van der Waals surface area contributed by atoms with Crippen molar-refractivity contribution in [2.24, 2.45) is 11.7 Å². The van der Waals surface area contributed by atoms with Gasteiger partial charge in [0.15, 0.2) is 0 Å². The Kier molecular flexibility index (Phi) is 13.8. The molecule has 17 heteroatoms. The first-order valence-corrected chi connectivity index (χ1v) is 22.1. The maximum absolute atomic E-state index is 13.1. The van der Waals surface area contributed by atoms with Gasteiger partial charge < -0.3 is 39.8 Å². The molecule has 8 rings (SSSR count). The number of amides is 5. The second-order valence-corrected chi connectivity index (χ2v) is 16.8. The number of likely N-dealkylation sites (tertiary alicyclic amines) is 1. The smallest absolute Gasteiger partial charge is 0.255 e. The topological polar surface area (TPSA) is 197 Å². The van der Waals surface area contributed by atoms with Crippen LogP contribution in [0.4, 0.5) is 5.82 Å². The lowest BCUT2D eigenvalue weighted by molar-refractivity contribution is -0.138. The Morgan fingerprint density at radius 2 is 1.55 bits per heavy atom. The second-order valence-electron chi connectivity index (χ2n) is 15.6. The lowest BCUT2D eigenvalue weighted by Crippen LogP contribution is -2.52. The van der Waals surface area contributed by atoms with E-state index in [0.717, 1.165) is 41.0 Å². The van der Waals surface area contributed by atoms with Gasteiger partial charge in [-0.2, -0.15) is 5.10 Å². The van der Waals surface area contributed by atoms with Crippen LogP contribution in [0.5, 0.6) is 11.5 Å². The highest BCUT2D eigenvalue weighted by Gasteiger charge is 2.40. The van der Waals surface area contributed by atoms with Crippen molar-refractivity contribution in [3.63, 3.8) is 0 Å². The first kappa shape index (κ1) is 42.9. The lowest BCUT2D eigenvalue weighted by Gasteiger charge is -2.38. The number of piperidine rings is 2. The number of imide groups is 1. The lowest BCUT2D eigenvalue weighted by atomic mass is 9.87. The maximum atomic E-state index is 13.1. The molecule has 5 heterocycles. The molecule has 0 aliphatic carbocycles. The quantitative estimate of drug-likeness (QED) is 0.0714. The van der Waals surface area contributed by atoms with Gasteiger partial charge in [-0.15, -0.1) is 11.8 Å². The Hall–Kier alpha value is -5.75. The summed E-state index contributed by atoms with van der Waals surface area (Å²) in [5, 5.41) is 10.7. The van der Waals surface area contributed by atoms with Gasteiger partial charge in [0, 0.05) is 54.4 Å². The minimum atomic E-state index is -0.642. The zero-order valence-electron chi connectivity index (χ0n) is 34.4.